The summed E-state index contributed by atoms with van der Waals surface area (Å²) in [5.74, 6) is -1.65. The molecule has 0 spiro atoms. The molecule has 0 amide bonds. The minimum absolute atomic E-state index is 0. The van der Waals surface area contributed by atoms with E-state index in [1.807, 2.05) is 12.1 Å². The number of hydrogen-bond donors (Lipinski definition) is 6. The average molecular weight is 1060 g/mol. The summed E-state index contributed by atoms with van der Waals surface area (Å²) in [6.45, 7) is 12.5. The number of piperidine rings is 2. The molecule has 2 aliphatic carbocycles. The molecule has 4 fully saturated rings. The minimum atomic E-state index is -1.52. The summed E-state index contributed by atoms with van der Waals surface area (Å²) in [7, 11) is 0. The number of aliphatic hydroxyl groups is 4. The average Bonchev–Trinajstić information content (AvgIpc) is 3.34. The standard InChI is InChI=1S/C30H41NO11.C22H33NO7.Na.H2O/c1-6-11-31-12-7-8-21-13-22-20(14-23(21)31)9-10-24(26(22)36)41-30-29(40-19(5)35)28(39-18(4)34)27(38-17(3)33)25(42-30)15-37-16(2)32;1-2-7-23-8-3-4-13-9-14-12(10-15(13)23)5-6-16(18(14)25)29-22-21(28)20(27)19(26)17(11-24)30-22;;/h9-10,21,23,25,27-30,36H,6-8,11-15H2,1-5H3;5-6,13,15,17,19-22,24-28H,2-4,7-11H2,1H3;;1H2/q;;+1;/p-1/t21-,23-,25-,27-,28+,29-,30-;13-,15-,17-,19-,20+,21-,22-;;/m11../s1. The van der Waals surface area contributed by atoms with E-state index in [-0.39, 0.29) is 64.6 Å². The van der Waals surface area contributed by atoms with E-state index in [0.717, 1.165) is 121 Å². The van der Waals surface area contributed by atoms with Crippen molar-refractivity contribution in [3.63, 3.8) is 0 Å². The van der Waals surface area contributed by atoms with Gasteiger partial charge in [0.1, 0.15) is 37.1 Å². The van der Waals surface area contributed by atoms with Crippen LogP contribution in [0.2, 0.25) is 0 Å². The second kappa shape index (κ2) is 27.5. The monoisotopic (exact) mass is 1050 g/mol. The summed E-state index contributed by atoms with van der Waals surface area (Å²) in [5.41, 5.74) is 3.83. The third kappa shape index (κ3) is 14.2. The van der Waals surface area contributed by atoms with Crippen molar-refractivity contribution in [2.45, 2.75) is 179 Å². The number of likely N-dealkylation sites (tertiary alicyclic amines) is 2. The topological polar surface area (TPSA) is 300 Å². The van der Waals surface area contributed by atoms with Crippen LogP contribution in [0.15, 0.2) is 24.3 Å². The van der Waals surface area contributed by atoms with Gasteiger partial charge in [-0.1, -0.05) is 26.0 Å². The second-order valence-corrected chi connectivity index (χ2v) is 19.9. The smallest absolute Gasteiger partial charge is 0.870 e. The molecule has 0 bridgehead atoms. The van der Waals surface area contributed by atoms with Crippen LogP contribution in [0.3, 0.4) is 0 Å². The first-order valence-electron chi connectivity index (χ1n) is 25.5. The number of rotatable bonds is 14. The summed E-state index contributed by atoms with van der Waals surface area (Å²) in [6, 6.07) is 8.09. The molecule has 14 atom stereocenters. The van der Waals surface area contributed by atoms with Gasteiger partial charge in [0, 0.05) is 50.9 Å². The van der Waals surface area contributed by atoms with Crippen molar-refractivity contribution >= 4 is 23.9 Å². The maximum atomic E-state index is 12.1. The molecule has 2 aromatic rings. The van der Waals surface area contributed by atoms with Crippen molar-refractivity contribution in [2.75, 3.05) is 39.4 Å². The fraction of sp³-hybridized carbons (Fsp3) is 0.692. The Labute approximate surface area is 454 Å². The zero-order chi connectivity index (χ0) is 52.0. The minimum Gasteiger partial charge on any atom is -0.870 e. The fourth-order valence-corrected chi connectivity index (χ4v) is 11.6. The van der Waals surface area contributed by atoms with E-state index in [0.29, 0.717) is 30.3 Å². The molecule has 0 aromatic heterocycles. The van der Waals surface area contributed by atoms with E-state index in [1.54, 1.807) is 12.1 Å². The number of carbonyl (C=O) groups excluding carboxylic acids is 4. The van der Waals surface area contributed by atoms with Gasteiger partial charge < -0.3 is 74.0 Å². The molecule has 4 heterocycles. The number of benzene rings is 2. The molecule has 21 nitrogen and oxygen atoms in total. The molecular weight excluding hydrogens is 980 g/mol. The Balaban J connectivity index is 0.000000280. The fourth-order valence-electron chi connectivity index (χ4n) is 11.6. The molecule has 22 heteroatoms. The molecule has 6 aliphatic rings. The number of carbonyl (C=O) groups is 4. The number of fused-ring (bicyclic) bond motifs is 4. The molecule has 0 unspecified atom stereocenters. The molecule has 2 aromatic carbocycles. The number of aliphatic hydroxyl groups excluding tert-OH is 4. The van der Waals surface area contributed by atoms with Crippen molar-refractivity contribution in [1.29, 1.82) is 0 Å². The van der Waals surface area contributed by atoms with Gasteiger partial charge in [-0.25, -0.2) is 0 Å². The molecule has 8 rings (SSSR count). The Kier molecular flexibility index (Phi) is 22.6. The largest absolute Gasteiger partial charge is 1.00 e. The zero-order valence-electron chi connectivity index (χ0n) is 43.6. The molecule has 0 radical (unpaired) electrons. The van der Waals surface area contributed by atoms with Gasteiger partial charge in [0.15, 0.2) is 35.2 Å². The van der Waals surface area contributed by atoms with Crippen molar-refractivity contribution in [3.05, 3.63) is 46.5 Å². The molecular formula is C52H75N2NaO19. The quantitative estimate of drug-likeness (QED) is 0.0784. The Morgan fingerprint density at radius 2 is 1.07 bits per heavy atom. The van der Waals surface area contributed by atoms with Crippen LogP contribution >= 0.6 is 0 Å². The third-order valence-electron chi connectivity index (χ3n) is 14.8. The van der Waals surface area contributed by atoms with Gasteiger partial charge in [-0.3, -0.25) is 29.0 Å². The number of nitrogens with zero attached hydrogens (tertiary/aromatic N) is 2. The van der Waals surface area contributed by atoms with Gasteiger partial charge in [0.05, 0.1) is 6.61 Å². The van der Waals surface area contributed by atoms with Crippen LogP contribution in [0, 0.1) is 11.8 Å². The summed E-state index contributed by atoms with van der Waals surface area (Å²) in [5, 5.41) is 61.8. The van der Waals surface area contributed by atoms with Crippen molar-refractivity contribution in [2.24, 2.45) is 11.8 Å². The normalized spacial score (nSPS) is 31.3. The molecule has 7 N–H and O–H groups in total. The Morgan fingerprint density at radius 3 is 1.53 bits per heavy atom. The van der Waals surface area contributed by atoms with Crippen molar-refractivity contribution in [3.8, 4) is 23.0 Å². The van der Waals surface area contributed by atoms with Crippen LogP contribution in [-0.2, 0) is 73.3 Å². The van der Waals surface area contributed by atoms with Crippen LogP contribution in [0.1, 0.15) is 102 Å². The van der Waals surface area contributed by atoms with E-state index in [1.165, 1.54) is 13.3 Å². The van der Waals surface area contributed by atoms with Gasteiger partial charge in [-0.05, 0) is 125 Å². The summed E-state index contributed by atoms with van der Waals surface area (Å²) < 4.78 is 44.8. The number of ether oxygens (including phenoxy) is 8. The van der Waals surface area contributed by atoms with E-state index >= 15 is 0 Å². The maximum absolute atomic E-state index is 12.1. The zero-order valence-corrected chi connectivity index (χ0v) is 45.6. The van der Waals surface area contributed by atoms with Crippen LogP contribution in [0.25, 0.3) is 0 Å². The first-order valence-corrected chi connectivity index (χ1v) is 25.5. The summed E-state index contributed by atoms with van der Waals surface area (Å²) in [6.07, 6.45) is -3.53. The Hall–Kier alpha value is -3.84. The Morgan fingerprint density at radius 1 is 0.608 bits per heavy atom. The molecule has 4 aliphatic heterocycles. The van der Waals surface area contributed by atoms with E-state index in [9.17, 15) is 49.8 Å². The van der Waals surface area contributed by atoms with Crippen molar-refractivity contribution < 1.29 is 123 Å². The molecule has 4 saturated heterocycles. The van der Waals surface area contributed by atoms with E-state index in [2.05, 4.69) is 23.6 Å². The Bertz CT molecular complexity index is 2210. The molecule has 0 saturated carbocycles. The third-order valence-corrected chi connectivity index (χ3v) is 14.8. The van der Waals surface area contributed by atoms with Crippen LogP contribution in [-0.4, -0.2) is 183 Å². The van der Waals surface area contributed by atoms with Crippen molar-refractivity contribution in [1.82, 2.24) is 9.80 Å². The van der Waals surface area contributed by atoms with Gasteiger partial charge in [-0.2, -0.15) is 0 Å². The number of hydrogen-bond acceptors (Lipinski definition) is 21. The number of aromatic hydroxyl groups is 2. The first-order chi connectivity index (χ1) is 34.4. The second-order valence-electron chi connectivity index (χ2n) is 19.9. The van der Waals surface area contributed by atoms with Gasteiger partial charge in [0.2, 0.25) is 18.7 Å². The summed E-state index contributed by atoms with van der Waals surface area (Å²) >= 11 is 0. The van der Waals surface area contributed by atoms with Crippen LogP contribution in [0.5, 0.6) is 23.0 Å². The SMILES string of the molecule is CCCN1CCC[C@@H]2Cc3c(ccc(O[C@@H]4O[C@H](CO)[C@@H](O)[C@H](O)[C@H]4O)c3O)C[C@H]21.CCCN1CCC[C@@H]2Cc3c(ccc(O[C@@H]4O[C@H](COC(C)=O)[C@@H](OC(C)=O)[C@H](OC(C)=O)[C@H]4OC(C)=O)c3O)C[C@H]21.[Na+].[OH-]. The first kappa shape index (κ1) is 61.0. The maximum Gasteiger partial charge on any atom is 1.00 e. The predicted octanol–water partition coefficient (Wildman–Crippen LogP) is -0.569. The van der Waals surface area contributed by atoms with E-state index in [4.69, 9.17) is 37.9 Å². The number of phenolic OH excluding ortho intramolecular Hbond substituents is 2. The van der Waals surface area contributed by atoms with E-state index < -0.39 is 91.9 Å². The number of phenols is 2. The van der Waals surface area contributed by atoms with Gasteiger partial charge in [-0.15, -0.1) is 0 Å². The van der Waals surface area contributed by atoms with Gasteiger partial charge >= 0.3 is 53.4 Å². The predicted molar refractivity (Wildman–Crippen MR) is 257 cm³/mol. The summed E-state index contributed by atoms with van der Waals surface area (Å²) in [4.78, 5) is 52.9. The molecule has 74 heavy (non-hydrogen) atoms. The number of esters is 4. The van der Waals surface area contributed by atoms with Gasteiger partial charge in [0.25, 0.3) is 0 Å². The van der Waals surface area contributed by atoms with Crippen LogP contribution < -0.4 is 39.0 Å². The molecule has 408 valence electrons. The van der Waals surface area contributed by atoms with Crippen LogP contribution in [0.4, 0.5) is 0 Å².